The fourth-order valence-corrected chi connectivity index (χ4v) is 3.60. The predicted octanol–water partition coefficient (Wildman–Crippen LogP) is 4.81. The average Bonchev–Trinajstić information content (AvgIpc) is 3.12. The molecule has 3 rings (SSSR count). The molecule has 0 aliphatic carbocycles. The number of aryl methyl sites for hydroxylation is 2. The lowest BCUT2D eigenvalue weighted by molar-refractivity contribution is -0.115. The minimum Gasteiger partial charge on any atom is -0.325 e. The molecule has 0 radical (unpaired) electrons. The summed E-state index contributed by atoms with van der Waals surface area (Å²) in [6.45, 7) is 7.50. The third-order valence-electron chi connectivity index (χ3n) is 4.56. The number of nitrogens with zero attached hydrogens (tertiary/aromatic N) is 2. The molecular weight excluding hydrogens is 370 g/mol. The van der Waals surface area contributed by atoms with Gasteiger partial charge in [0.1, 0.15) is 0 Å². The second-order valence-corrected chi connectivity index (χ2v) is 8.04. The molecule has 0 aliphatic rings. The lowest BCUT2D eigenvalue weighted by Crippen LogP contribution is -2.23. The molecule has 0 bridgehead atoms. The van der Waals surface area contributed by atoms with Crippen LogP contribution in [0.3, 0.4) is 0 Å². The van der Waals surface area contributed by atoms with E-state index in [1.54, 1.807) is 30.5 Å². The number of anilines is 1. The number of aromatic nitrogens is 2. The van der Waals surface area contributed by atoms with Crippen LogP contribution in [0.15, 0.2) is 60.0 Å². The zero-order valence-corrected chi connectivity index (χ0v) is 17.2. The molecule has 0 aliphatic heterocycles. The molecule has 5 nitrogen and oxygen atoms in total. The van der Waals surface area contributed by atoms with Crippen LogP contribution >= 0.6 is 11.8 Å². The Bertz CT molecular complexity index is 1030. The molecule has 2 aromatic carbocycles. The number of nitrogens with one attached hydrogen (secondary N) is 1. The highest BCUT2D eigenvalue weighted by molar-refractivity contribution is 8.00. The van der Waals surface area contributed by atoms with Crippen LogP contribution in [-0.2, 0) is 4.79 Å². The van der Waals surface area contributed by atoms with Gasteiger partial charge in [-0.15, -0.1) is 0 Å². The van der Waals surface area contributed by atoms with Crippen LogP contribution in [0.2, 0.25) is 0 Å². The second kappa shape index (κ2) is 8.44. The van der Waals surface area contributed by atoms with Gasteiger partial charge in [-0.3, -0.25) is 14.2 Å². The summed E-state index contributed by atoms with van der Waals surface area (Å²) in [6.07, 6.45) is 3.63. The molecule has 0 spiro atoms. The van der Waals surface area contributed by atoms with Gasteiger partial charge in [-0.25, -0.2) is 4.98 Å². The second-order valence-electron chi connectivity index (χ2n) is 6.73. The Labute approximate surface area is 169 Å². The largest absolute Gasteiger partial charge is 0.325 e. The first-order valence-corrected chi connectivity index (χ1v) is 9.92. The van der Waals surface area contributed by atoms with Gasteiger partial charge in [-0.2, -0.15) is 0 Å². The van der Waals surface area contributed by atoms with Crippen molar-refractivity contribution in [3.63, 3.8) is 0 Å². The van der Waals surface area contributed by atoms with Gasteiger partial charge in [-0.05, 0) is 63.1 Å². The van der Waals surface area contributed by atoms with E-state index in [9.17, 15) is 9.59 Å². The summed E-state index contributed by atoms with van der Waals surface area (Å²) in [6, 6.07) is 13.2. The van der Waals surface area contributed by atoms with Crippen molar-refractivity contribution < 1.29 is 9.59 Å². The zero-order chi connectivity index (χ0) is 20.3. The summed E-state index contributed by atoms with van der Waals surface area (Å²) in [5.74, 6) is -0.172. The number of hydrogen-bond donors (Lipinski definition) is 1. The van der Waals surface area contributed by atoms with Crippen LogP contribution in [0.5, 0.6) is 0 Å². The van der Waals surface area contributed by atoms with Crippen molar-refractivity contribution in [3.05, 3.63) is 71.5 Å². The molecule has 1 atom stereocenters. The third kappa shape index (κ3) is 4.51. The normalized spacial score (nSPS) is 11.9. The van der Waals surface area contributed by atoms with Crippen LogP contribution in [0.1, 0.15) is 35.3 Å². The lowest BCUT2D eigenvalue weighted by atomic mass is 10.1. The van der Waals surface area contributed by atoms with E-state index >= 15 is 0 Å². The summed E-state index contributed by atoms with van der Waals surface area (Å²) < 4.78 is 1.98. The number of thioether (sulfide) groups is 1. The van der Waals surface area contributed by atoms with Gasteiger partial charge in [0, 0.05) is 29.3 Å². The molecular formula is C22H23N3O2S. The van der Waals surface area contributed by atoms with E-state index in [0.29, 0.717) is 11.3 Å². The van der Waals surface area contributed by atoms with Crippen molar-refractivity contribution in [2.24, 2.45) is 0 Å². The number of benzene rings is 2. The maximum atomic E-state index is 12.6. The van der Waals surface area contributed by atoms with E-state index in [2.05, 4.69) is 36.3 Å². The molecule has 0 saturated carbocycles. The zero-order valence-electron chi connectivity index (χ0n) is 16.4. The van der Waals surface area contributed by atoms with E-state index in [4.69, 9.17) is 0 Å². The molecule has 0 fully saturated rings. The number of ketones is 1. The van der Waals surface area contributed by atoms with Crippen LogP contribution in [0.25, 0.3) is 5.69 Å². The lowest BCUT2D eigenvalue weighted by Gasteiger charge is -2.14. The minimum atomic E-state index is -0.353. The summed E-state index contributed by atoms with van der Waals surface area (Å²) in [5.41, 5.74) is 4.65. The molecule has 3 aromatic rings. The molecule has 144 valence electrons. The number of rotatable bonds is 6. The Kier molecular flexibility index (Phi) is 5.99. The van der Waals surface area contributed by atoms with Crippen LogP contribution in [0.4, 0.5) is 5.69 Å². The summed E-state index contributed by atoms with van der Waals surface area (Å²) in [5, 5.41) is 3.28. The van der Waals surface area contributed by atoms with Crippen molar-refractivity contribution in [2.45, 2.75) is 38.1 Å². The highest BCUT2D eigenvalue weighted by atomic mass is 32.2. The maximum Gasteiger partial charge on any atom is 0.237 e. The van der Waals surface area contributed by atoms with Gasteiger partial charge in [0.15, 0.2) is 10.9 Å². The minimum absolute atomic E-state index is 0.0334. The van der Waals surface area contributed by atoms with Crippen molar-refractivity contribution in [1.29, 1.82) is 0 Å². The average molecular weight is 394 g/mol. The SMILES string of the molecule is CC(=O)c1cccc(NC(=O)C(C)Sc2nccn2-c2ccc(C)c(C)c2)c1. The van der Waals surface area contributed by atoms with Crippen LogP contribution < -0.4 is 5.32 Å². The van der Waals surface area contributed by atoms with Crippen molar-refractivity contribution >= 4 is 29.1 Å². The summed E-state index contributed by atoms with van der Waals surface area (Å²) in [4.78, 5) is 28.5. The van der Waals surface area contributed by atoms with E-state index in [1.165, 1.54) is 29.8 Å². The predicted molar refractivity (Wildman–Crippen MR) is 113 cm³/mol. The smallest absolute Gasteiger partial charge is 0.237 e. The Balaban J connectivity index is 1.73. The first-order valence-electron chi connectivity index (χ1n) is 9.04. The summed E-state index contributed by atoms with van der Waals surface area (Å²) in [7, 11) is 0. The first-order chi connectivity index (χ1) is 13.3. The fourth-order valence-electron chi connectivity index (χ4n) is 2.72. The Morgan fingerprint density at radius 3 is 2.61 bits per heavy atom. The number of carbonyl (C=O) groups is 2. The molecule has 1 unspecified atom stereocenters. The van der Waals surface area contributed by atoms with Crippen molar-refractivity contribution in [1.82, 2.24) is 9.55 Å². The molecule has 1 aromatic heterocycles. The van der Waals surface area contributed by atoms with Gasteiger partial charge in [0.2, 0.25) is 5.91 Å². The van der Waals surface area contributed by atoms with E-state index in [0.717, 1.165) is 10.8 Å². The Hall–Kier alpha value is -2.86. The van der Waals surface area contributed by atoms with E-state index in [-0.39, 0.29) is 16.9 Å². The Morgan fingerprint density at radius 2 is 1.89 bits per heavy atom. The first kappa shape index (κ1) is 19.9. The number of imidazole rings is 1. The Morgan fingerprint density at radius 1 is 1.11 bits per heavy atom. The maximum absolute atomic E-state index is 12.6. The third-order valence-corrected chi connectivity index (χ3v) is 5.64. The van der Waals surface area contributed by atoms with Gasteiger partial charge < -0.3 is 5.32 Å². The number of carbonyl (C=O) groups excluding carboxylic acids is 2. The highest BCUT2D eigenvalue weighted by Crippen LogP contribution is 2.26. The van der Waals surface area contributed by atoms with Crippen LogP contribution in [0, 0.1) is 13.8 Å². The quantitative estimate of drug-likeness (QED) is 0.482. The molecule has 6 heteroatoms. The molecule has 1 heterocycles. The van der Waals surface area contributed by atoms with Gasteiger partial charge >= 0.3 is 0 Å². The number of Topliss-reactive ketones (excluding diaryl/α,β-unsaturated/α-hetero) is 1. The topological polar surface area (TPSA) is 64.0 Å². The van der Waals surface area contributed by atoms with Gasteiger partial charge in [0.25, 0.3) is 0 Å². The number of amides is 1. The highest BCUT2D eigenvalue weighted by Gasteiger charge is 2.18. The summed E-state index contributed by atoms with van der Waals surface area (Å²) >= 11 is 1.39. The van der Waals surface area contributed by atoms with Crippen molar-refractivity contribution in [2.75, 3.05) is 5.32 Å². The molecule has 0 saturated heterocycles. The van der Waals surface area contributed by atoms with E-state index < -0.39 is 0 Å². The molecule has 1 N–H and O–H groups in total. The monoisotopic (exact) mass is 393 g/mol. The van der Waals surface area contributed by atoms with Gasteiger partial charge in [-0.1, -0.05) is 30.0 Å². The van der Waals surface area contributed by atoms with Gasteiger partial charge in [0.05, 0.1) is 5.25 Å². The standard InChI is InChI=1S/C22H23N3O2S/c1-14-8-9-20(12-15(14)2)25-11-10-23-22(25)28-17(4)21(27)24-19-7-5-6-18(13-19)16(3)26/h5-13,17H,1-4H3,(H,24,27). The number of hydrogen-bond acceptors (Lipinski definition) is 4. The molecule has 1 amide bonds. The fraction of sp³-hybridized carbons (Fsp3) is 0.227. The van der Waals surface area contributed by atoms with E-state index in [1.807, 2.05) is 23.8 Å². The molecule has 28 heavy (non-hydrogen) atoms. The van der Waals surface area contributed by atoms with Crippen LogP contribution in [-0.4, -0.2) is 26.5 Å². The van der Waals surface area contributed by atoms with Crippen molar-refractivity contribution in [3.8, 4) is 5.69 Å².